The number of alkyl carbamates (subject to hydrolysis) is 1. The van der Waals surface area contributed by atoms with Crippen LogP contribution in [0.3, 0.4) is 0 Å². The van der Waals surface area contributed by atoms with Gasteiger partial charge in [0.05, 0.1) is 12.6 Å². The first-order valence-corrected chi connectivity index (χ1v) is 9.67. The summed E-state index contributed by atoms with van der Waals surface area (Å²) >= 11 is 0. The quantitative estimate of drug-likeness (QED) is 0.421. The van der Waals surface area contributed by atoms with Crippen molar-refractivity contribution in [2.24, 2.45) is 0 Å². The van der Waals surface area contributed by atoms with Crippen LogP contribution in [0, 0.1) is 0 Å². The number of nitrogens with one attached hydrogen (secondary N) is 2. The van der Waals surface area contributed by atoms with E-state index in [1.807, 2.05) is 48.5 Å². The van der Waals surface area contributed by atoms with E-state index in [2.05, 4.69) is 15.3 Å². The van der Waals surface area contributed by atoms with Crippen molar-refractivity contribution in [3.05, 3.63) is 72.1 Å². The number of rotatable bonds is 7. The number of benzene rings is 2. The van der Waals surface area contributed by atoms with Crippen molar-refractivity contribution < 1.29 is 24.2 Å². The van der Waals surface area contributed by atoms with Gasteiger partial charge in [0, 0.05) is 40.7 Å². The van der Waals surface area contributed by atoms with Gasteiger partial charge in [-0.15, -0.1) is 0 Å². The van der Waals surface area contributed by atoms with E-state index in [4.69, 9.17) is 9.47 Å². The largest absolute Gasteiger partial charge is 0.497 e. The number of hydrogen-bond acceptors (Lipinski definition) is 5. The van der Waals surface area contributed by atoms with E-state index in [1.165, 1.54) is 0 Å². The number of carbonyl (C=O) groups excluding carboxylic acids is 1. The maximum absolute atomic E-state index is 12.2. The Balaban J connectivity index is 1.42. The lowest BCUT2D eigenvalue weighted by Gasteiger charge is -2.14. The summed E-state index contributed by atoms with van der Waals surface area (Å²) < 4.78 is 10.5. The number of para-hydroxylation sites is 1. The monoisotopic (exact) mass is 419 g/mol. The van der Waals surface area contributed by atoms with Crippen molar-refractivity contribution in [2.75, 3.05) is 7.11 Å². The van der Waals surface area contributed by atoms with Gasteiger partial charge >= 0.3 is 12.1 Å². The fraction of sp³-hybridized carbons (Fsp3) is 0.174. The van der Waals surface area contributed by atoms with Crippen molar-refractivity contribution in [2.45, 2.75) is 19.1 Å². The molecule has 3 N–H and O–H groups in total. The van der Waals surface area contributed by atoms with Crippen LogP contribution in [0.25, 0.3) is 21.8 Å². The summed E-state index contributed by atoms with van der Waals surface area (Å²) in [6, 6.07) is 13.8. The van der Waals surface area contributed by atoms with Gasteiger partial charge in [-0.2, -0.15) is 0 Å². The summed E-state index contributed by atoms with van der Waals surface area (Å²) in [5, 5.41) is 13.8. The molecule has 2 aromatic carbocycles. The number of aromatic nitrogens is 2. The molecule has 4 rings (SSSR count). The molecule has 0 unspecified atom stereocenters. The maximum atomic E-state index is 12.2. The highest BCUT2D eigenvalue weighted by Gasteiger charge is 2.23. The molecule has 8 heteroatoms. The Morgan fingerprint density at radius 1 is 1.19 bits per heavy atom. The molecule has 31 heavy (non-hydrogen) atoms. The second-order valence-corrected chi connectivity index (χ2v) is 7.08. The Bertz CT molecular complexity index is 1250. The van der Waals surface area contributed by atoms with Crippen LogP contribution in [-0.4, -0.2) is 40.3 Å². The number of aromatic amines is 1. The molecule has 1 amide bonds. The van der Waals surface area contributed by atoms with Crippen molar-refractivity contribution in [1.29, 1.82) is 0 Å². The van der Waals surface area contributed by atoms with Gasteiger partial charge in [0.15, 0.2) is 0 Å². The first kappa shape index (κ1) is 20.2. The van der Waals surface area contributed by atoms with Gasteiger partial charge in [-0.05, 0) is 35.9 Å². The second-order valence-electron chi connectivity index (χ2n) is 7.08. The normalized spacial score (nSPS) is 11.9. The highest BCUT2D eigenvalue weighted by atomic mass is 16.5. The zero-order chi connectivity index (χ0) is 21.8. The Morgan fingerprint density at radius 2 is 2.03 bits per heavy atom. The first-order chi connectivity index (χ1) is 15.0. The van der Waals surface area contributed by atoms with E-state index >= 15 is 0 Å². The van der Waals surface area contributed by atoms with Crippen LogP contribution in [0.2, 0.25) is 0 Å². The highest BCUT2D eigenvalue weighted by molar-refractivity contribution is 5.86. The predicted octanol–water partition coefficient (Wildman–Crippen LogP) is 3.65. The Morgan fingerprint density at radius 3 is 2.84 bits per heavy atom. The van der Waals surface area contributed by atoms with E-state index < -0.39 is 18.1 Å². The minimum Gasteiger partial charge on any atom is -0.497 e. The number of aliphatic carboxylic acids is 1. The molecule has 0 radical (unpaired) electrons. The average Bonchev–Trinajstić information content (AvgIpc) is 3.18. The molecule has 8 nitrogen and oxygen atoms in total. The average molecular weight is 419 g/mol. The molecule has 0 aliphatic carbocycles. The van der Waals surface area contributed by atoms with Gasteiger partial charge in [0.1, 0.15) is 18.4 Å². The number of amides is 1. The van der Waals surface area contributed by atoms with Crippen LogP contribution < -0.4 is 10.1 Å². The third kappa shape index (κ3) is 4.58. The predicted molar refractivity (Wildman–Crippen MR) is 115 cm³/mol. The molecule has 0 fully saturated rings. The lowest BCUT2D eigenvalue weighted by Crippen LogP contribution is -2.42. The van der Waals surface area contributed by atoms with E-state index in [1.54, 1.807) is 19.5 Å². The molecule has 2 heterocycles. The zero-order valence-electron chi connectivity index (χ0n) is 16.8. The van der Waals surface area contributed by atoms with E-state index in [9.17, 15) is 14.7 Å². The molecule has 2 aromatic heterocycles. The van der Waals surface area contributed by atoms with Crippen molar-refractivity contribution in [3.8, 4) is 5.75 Å². The maximum Gasteiger partial charge on any atom is 0.408 e. The fourth-order valence-corrected chi connectivity index (χ4v) is 3.40. The summed E-state index contributed by atoms with van der Waals surface area (Å²) in [4.78, 5) is 31.4. The number of carboxylic acid groups (broad SMARTS) is 1. The van der Waals surface area contributed by atoms with Gasteiger partial charge in [-0.3, -0.25) is 4.98 Å². The standard InChI is InChI=1S/C23H21N3O5/c1-30-17-6-7-20-18(10-17)16(12-25-20)9-21(22(27)28)26-23(29)31-13-14-8-15-4-2-3-5-19(15)24-11-14/h2-8,10-12,21,25H,9,13H2,1H3,(H,26,29)(H,27,28)/t21-/m0/s1. The van der Waals surface area contributed by atoms with Gasteiger partial charge in [0.2, 0.25) is 0 Å². The lowest BCUT2D eigenvalue weighted by atomic mass is 10.0. The third-order valence-electron chi connectivity index (χ3n) is 5.01. The summed E-state index contributed by atoms with van der Waals surface area (Å²) in [6.07, 6.45) is 2.64. The number of carboxylic acids is 1. The van der Waals surface area contributed by atoms with Crippen molar-refractivity contribution in [1.82, 2.24) is 15.3 Å². The molecule has 1 atom stereocenters. The Hall–Kier alpha value is -4.07. The molecule has 0 saturated heterocycles. The topological polar surface area (TPSA) is 114 Å². The van der Waals surface area contributed by atoms with E-state index in [-0.39, 0.29) is 13.0 Å². The molecule has 4 aromatic rings. The summed E-state index contributed by atoms with van der Waals surface area (Å²) in [5.41, 5.74) is 3.16. The zero-order valence-corrected chi connectivity index (χ0v) is 16.8. The van der Waals surface area contributed by atoms with Crippen LogP contribution in [0.15, 0.2) is 60.9 Å². The molecule has 0 bridgehead atoms. The van der Waals surface area contributed by atoms with E-state index in [0.717, 1.165) is 27.4 Å². The van der Waals surface area contributed by atoms with Gasteiger partial charge in [-0.25, -0.2) is 9.59 Å². The number of nitrogens with zero attached hydrogens (tertiary/aromatic N) is 1. The Kier molecular flexibility index (Phi) is 5.70. The molecule has 0 spiro atoms. The molecule has 0 aliphatic heterocycles. The SMILES string of the molecule is COc1ccc2[nH]cc(C[C@H](NC(=O)OCc3cnc4ccccc4c3)C(=O)O)c2c1. The van der Waals surface area contributed by atoms with Gasteiger partial charge < -0.3 is 24.9 Å². The minimum absolute atomic E-state index is 0.0136. The van der Waals surface area contributed by atoms with Crippen LogP contribution in [0.5, 0.6) is 5.75 Å². The summed E-state index contributed by atoms with van der Waals surface area (Å²) in [5.74, 6) is -0.488. The number of H-pyrrole nitrogens is 1. The minimum atomic E-state index is -1.15. The Labute approximate surface area is 177 Å². The van der Waals surface area contributed by atoms with E-state index in [0.29, 0.717) is 11.3 Å². The van der Waals surface area contributed by atoms with Crippen LogP contribution in [0.4, 0.5) is 4.79 Å². The number of methoxy groups -OCH3 is 1. The number of hydrogen-bond donors (Lipinski definition) is 3. The first-order valence-electron chi connectivity index (χ1n) is 9.67. The number of carbonyl (C=O) groups is 2. The van der Waals surface area contributed by atoms with Crippen LogP contribution >= 0.6 is 0 Å². The molecule has 0 saturated carbocycles. The van der Waals surface area contributed by atoms with Gasteiger partial charge in [0.25, 0.3) is 0 Å². The second kappa shape index (κ2) is 8.74. The number of pyridine rings is 1. The van der Waals surface area contributed by atoms with Crippen LogP contribution in [0.1, 0.15) is 11.1 Å². The number of ether oxygens (including phenoxy) is 2. The van der Waals surface area contributed by atoms with Crippen molar-refractivity contribution >= 4 is 33.9 Å². The highest BCUT2D eigenvalue weighted by Crippen LogP contribution is 2.24. The lowest BCUT2D eigenvalue weighted by molar-refractivity contribution is -0.139. The van der Waals surface area contributed by atoms with Crippen LogP contribution in [-0.2, 0) is 22.6 Å². The third-order valence-corrected chi connectivity index (χ3v) is 5.01. The fourth-order valence-electron chi connectivity index (χ4n) is 3.40. The number of fused-ring (bicyclic) bond motifs is 2. The smallest absolute Gasteiger partial charge is 0.408 e. The molecule has 158 valence electrons. The van der Waals surface area contributed by atoms with Crippen molar-refractivity contribution in [3.63, 3.8) is 0 Å². The summed E-state index contributed by atoms with van der Waals surface area (Å²) in [7, 11) is 1.57. The summed E-state index contributed by atoms with van der Waals surface area (Å²) in [6.45, 7) is -0.0136. The molecular weight excluding hydrogens is 398 g/mol. The molecule has 0 aliphatic rings. The van der Waals surface area contributed by atoms with Gasteiger partial charge in [-0.1, -0.05) is 18.2 Å². The molecular formula is C23H21N3O5.